The van der Waals surface area contributed by atoms with Crippen LogP contribution in [0.15, 0.2) is 39.7 Å². The lowest BCUT2D eigenvalue weighted by atomic mass is 10.1. The molecule has 1 heterocycles. The van der Waals surface area contributed by atoms with Crippen LogP contribution < -0.4 is 14.2 Å². The largest absolute Gasteiger partial charge is 0.486 e. The van der Waals surface area contributed by atoms with Crippen molar-refractivity contribution >= 4 is 37.6 Å². The summed E-state index contributed by atoms with van der Waals surface area (Å²) in [6.45, 7) is 2.39. The lowest BCUT2D eigenvalue weighted by molar-refractivity contribution is 0.0696. The zero-order valence-electron chi connectivity index (χ0n) is 13.1. The molecule has 0 radical (unpaired) electrons. The number of aryl methyl sites for hydroxylation is 1. The smallest absolute Gasteiger partial charge is 0.335 e. The van der Waals surface area contributed by atoms with Gasteiger partial charge in [-0.3, -0.25) is 4.72 Å². The van der Waals surface area contributed by atoms with E-state index in [1.807, 2.05) is 0 Å². The maximum Gasteiger partial charge on any atom is 0.335 e. The van der Waals surface area contributed by atoms with Gasteiger partial charge in [0.2, 0.25) is 0 Å². The summed E-state index contributed by atoms with van der Waals surface area (Å²) in [4.78, 5) is 11.0. The average molecular weight is 428 g/mol. The van der Waals surface area contributed by atoms with E-state index in [2.05, 4.69) is 20.7 Å². The molecule has 0 spiro atoms. The molecule has 0 atom stereocenters. The second kappa shape index (κ2) is 6.57. The van der Waals surface area contributed by atoms with Crippen molar-refractivity contribution in [1.82, 2.24) is 0 Å². The summed E-state index contributed by atoms with van der Waals surface area (Å²) in [5.41, 5.74) is 0.600. The van der Waals surface area contributed by atoms with Gasteiger partial charge in [0, 0.05) is 16.6 Å². The third-order valence-electron chi connectivity index (χ3n) is 3.60. The lowest BCUT2D eigenvalue weighted by Crippen LogP contribution is -2.18. The van der Waals surface area contributed by atoms with Crippen LogP contribution in [0.4, 0.5) is 5.69 Å². The number of halogens is 1. The second-order valence-electron chi connectivity index (χ2n) is 5.37. The van der Waals surface area contributed by atoms with E-state index in [9.17, 15) is 13.2 Å². The van der Waals surface area contributed by atoms with Gasteiger partial charge in [0.05, 0.1) is 16.1 Å². The van der Waals surface area contributed by atoms with E-state index >= 15 is 0 Å². The molecule has 2 N–H and O–H groups in total. The minimum absolute atomic E-state index is 0.103. The van der Waals surface area contributed by atoms with Gasteiger partial charge in [-0.25, -0.2) is 13.2 Å². The van der Waals surface area contributed by atoms with Crippen LogP contribution in [0.2, 0.25) is 0 Å². The number of hydrogen-bond donors (Lipinski definition) is 2. The van der Waals surface area contributed by atoms with Crippen molar-refractivity contribution in [2.75, 3.05) is 17.9 Å². The third kappa shape index (κ3) is 3.57. The molecule has 0 saturated heterocycles. The second-order valence-corrected chi connectivity index (χ2v) is 7.87. The van der Waals surface area contributed by atoms with Crippen LogP contribution in [-0.2, 0) is 10.0 Å². The maximum absolute atomic E-state index is 12.7. The highest BCUT2D eigenvalue weighted by Crippen LogP contribution is 2.39. The number of sulfonamides is 1. The molecule has 25 heavy (non-hydrogen) atoms. The monoisotopic (exact) mass is 427 g/mol. The number of hydrogen-bond acceptors (Lipinski definition) is 5. The van der Waals surface area contributed by atoms with Crippen molar-refractivity contribution in [2.45, 2.75) is 11.8 Å². The fourth-order valence-electron chi connectivity index (χ4n) is 2.36. The predicted octanol–water partition coefficient (Wildman–Crippen LogP) is 3.03. The van der Waals surface area contributed by atoms with Crippen LogP contribution in [0.3, 0.4) is 0 Å². The van der Waals surface area contributed by atoms with E-state index in [0.29, 0.717) is 34.7 Å². The summed E-state index contributed by atoms with van der Waals surface area (Å²) in [5.74, 6) is -0.245. The van der Waals surface area contributed by atoms with Gasteiger partial charge < -0.3 is 14.6 Å². The number of nitrogens with one attached hydrogen (secondary N) is 1. The quantitative estimate of drug-likeness (QED) is 0.777. The van der Waals surface area contributed by atoms with E-state index in [-0.39, 0.29) is 16.1 Å². The first-order valence-electron chi connectivity index (χ1n) is 7.24. The Morgan fingerprint density at radius 2 is 1.80 bits per heavy atom. The molecule has 0 aliphatic carbocycles. The van der Waals surface area contributed by atoms with E-state index < -0.39 is 16.0 Å². The van der Waals surface area contributed by atoms with Crippen molar-refractivity contribution < 1.29 is 27.8 Å². The molecule has 132 valence electrons. The summed E-state index contributed by atoms with van der Waals surface area (Å²) < 4.78 is 39.3. The van der Waals surface area contributed by atoms with Crippen molar-refractivity contribution in [3.8, 4) is 11.5 Å². The highest BCUT2D eigenvalue weighted by Gasteiger charge is 2.22. The molecule has 3 rings (SSSR count). The molecular formula is C16H14BrNO6S. The zero-order chi connectivity index (χ0) is 18.2. The molecular weight excluding hydrogens is 414 g/mol. The summed E-state index contributed by atoms with van der Waals surface area (Å²) in [6.07, 6.45) is 0. The van der Waals surface area contributed by atoms with Gasteiger partial charge in [-0.2, -0.15) is 0 Å². The van der Waals surface area contributed by atoms with E-state index in [1.54, 1.807) is 13.0 Å². The summed E-state index contributed by atoms with van der Waals surface area (Å²) in [5, 5.41) is 9.08. The molecule has 9 heteroatoms. The number of carboxylic acid groups (broad SMARTS) is 1. The van der Waals surface area contributed by atoms with Crippen LogP contribution in [0.5, 0.6) is 11.5 Å². The normalized spacial score (nSPS) is 13.4. The van der Waals surface area contributed by atoms with Crippen molar-refractivity contribution in [3.63, 3.8) is 0 Å². The fourth-order valence-corrected chi connectivity index (χ4v) is 4.26. The van der Waals surface area contributed by atoms with E-state index in [1.165, 1.54) is 18.2 Å². The molecule has 0 unspecified atom stereocenters. The number of rotatable bonds is 4. The van der Waals surface area contributed by atoms with Crippen LogP contribution in [-0.4, -0.2) is 32.7 Å². The Bertz CT molecular complexity index is 957. The Morgan fingerprint density at radius 3 is 2.44 bits per heavy atom. The number of ether oxygens (including phenoxy) is 2. The van der Waals surface area contributed by atoms with Crippen molar-refractivity contribution in [3.05, 3.63) is 45.9 Å². The molecule has 0 saturated carbocycles. The summed E-state index contributed by atoms with van der Waals surface area (Å²) >= 11 is 3.30. The van der Waals surface area contributed by atoms with Gasteiger partial charge in [0.1, 0.15) is 13.2 Å². The minimum Gasteiger partial charge on any atom is -0.486 e. The molecule has 7 nitrogen and oxygen atoms in total. The molecule has 1 aliphatic heterocycles. The Hall–Kier alpha value is -2.26. The number of fused-ring (bicyclic) bond motifs is 1. The van der Waals surface area contributed by atoms with Crippen LogP contribution in [0.1, 0.15) is 15.9 Å². The van der Waals surface area contributed by atoms with Gasteiger partial charge in [0.15, 0.2) is 11.5 Å². The topological polar surface area (TPSA) is 102 Å². The molecule has 0 fully saturated rings. The number of carbonyl (C=O) groups is 1. The Balaban J connectivity index is 2.00. The van der Waals surface area contributed by atoms with Gasteiger partial charge >= 0.3 is 5.97 Å². The Kier molecular flexibility index (Phi) is 4.61. The van der Waals surface area contributed by atoms with Gasteiger partial charge in [-0.05, 0) is 40.5 Å². The molecule has 2 aromatic carbocycles. The summed E-state index contributed by atoms with van der Waals surface area (Å²) in [6, 6.07) is 7.08. The highest BCUT2D eigenvalue weighted by atomic mass is 79.9. The number of aromatic carboxylic acids is 1. The summed E-state index contributed by atoms with van der Waals surface area (Å²) in [7, 11) is -3.99. The lowest BCUT2D eigenvalue weighted by Gasteiger charge is -2.20. The van der Waals surface area contributed by atoms with Crippen LogP contribution in [0.25, 0.3) is 0 Å². The first kappa shape index (κ1) is 17.6. The minimum atomic E-state index is -3.99. The van der Waals surface area contributed by atoms with Crippen LogP contribution >= 0.6 is 15.9 Å². The van der Waals surface area contributed by atoms with Gasteiger partial charge in [-0.1, -0.05) is 6.07 Å². The first-order valence-corrected chi connectivity index (χ1v) is 9.51. The molecule has 0 amide bonds. The Labute approximate surface area is 152 Å². The molecule has 2 aromatic rings. The average Bonchev–Trinajstić information content (AvgIpc) is 2.55. The molecule has 0 aromatic heterocycles. The fraction of sp³-hybridized carbons (Fsp3) is 0.188. The number of benzene rings is 2. The third-order valence-corrected chi connectivity index (χ3v) is 5.76. The Morgan fingerprint density at radius 1 is 1.16 bits per heavy atom. The number of anilines is 1. The maximum atomic E-state index is 12.7. The van der Waals surface area contributed by atoms with Crippen LogP contribution in [0, 0.1) is 6.92 Å². The van der Waals surface area contributed by atoms with Gasteiger partial charge in [0.25, 0.3) is 10.0 Å². The van der Waals surface area contributed by atoms with Crippen molar-refractivity contribution in [1.29, 1.82) is 0 Å². The number of carboxylic acids is 1. The first-order chi connectivity index (χ1) is 11.8. The van der Waals surface area contributed by atoms with Gasteiger partial charge in [-0.15, -0.1) is 0 Å². The van der Waals surface area contributed by atoms with Crippen molar-refractivity contribution in [2.24, 2.45) is 0 Å². The molecule has 0 bridgehead atoms. The zero-order valence-corrected chi connectivity index (χ0v) is 15.5. The van der Waals surface area contributed by atoms with E-state index in [0.717, 1.165) is 6.07 Å². The predicted molar refractivity (Wildman–Crippen MR) is 94.1 cm³/mol. The van der Waals surface area contributed by atoms with E-state index in [4.69, 9.17) is 14.6 Å². The standard InChI is InChI=1S/C16H14BrNO6S/c1-9-2-3-10(16(19)20)6-15(9)25(21,22)18-12-8-14-13(7-11(12)17)23-4-5-24-14/h2-3,6-8,18H,4-5H2,1H3,(H,19,20). The molecule has 1 aliphatic rings. The SMILES string of the molecule is Cc1ccc(C(=O)O)cc1S(=O)(=O)Nc1cc2c(cc1Br)OCCO2. The highest BCUT2D eigenvalue weighted by molar-refractivity contribution is 9.10.